The Morgan fingerprint density at radius 2 is 1.67 bits per heavy atom. The molecule has 0 fully saturated rings. The molecule has 0 aliphatic rings. The smallest absolute Gasteiger partial charge is 0.270 e. The summed E-state index contributed by atoms with van der Waals surface area (Å²) in [7, 11) is 3.72. The van der Waals surface area contributed by atoms with Gasteiger partial charge in [-0.3, -0.25) is 0 Å². The quantitative estimate of drug-likeness (QED) is 0.835. The highest BCUT2D eigenvalue weighted by molar-refractivity contribution is 5.46. The summed E-state index contributed by atoms with van der Waals surface area (Å²) < 4.78 is 25.0. The Kier molecular flexibility index (Phi) is 3.29. The summed E-state index contributed by atoms with van der Waals surface area (Å²) in [4.78, 5) is 1.86. The fraction of sp³-hybridized carbons (Fsp3) is 0.455. The van der Waals surface area contributed by atoms with Gasteiger partial charge in [-0.25, -0.2) is 8.78 Å². The summed E-state index contributed by atoms with van der Waals surface area (Å²) in [6.07, 6.45) is -2.79. The number of hydrogen-bond acceptors (Lipinski definition) is 2. The molecule has 1 unspecified atom stereocenters. The maximum atomic E-state index is 12.5. The molecule has 0 aliphatic heterocycles. The molecule has 0 bridgehead atoms. The first-order chi connectivity index (χ1) is 6.85. The topological polar surface area (TPSA) is 23.5 Å². The highest BCUT2D eigenvalue weighted by Crippen LogP contribution is 2.28. The molecular weight excluding hydrogens is 200 g/mol. The number of aliphatic hydroxyl groups is 1. The van der Waals surface area contributed by atoms with E-state index >= 15 is 0 Å². The zero-order chi connectivity index (χ0) is 11.6. The van der Waals surface area contributed by atoms with Crippen molar-refractivity contribution in [1.29, 1.82) is 0 Å². The van der Waals surface area contributed by atoms with E-state index in [-0.39, 0.29) is 5.56 Å². The molecule has 1 N–H and O–H groups in total. The predicted molar refractivity (Wildman–Crippen MR) is 56.3 cm³/mol. The number of benzene rings is 1. The predicted octanol–water partition coefficient (Wildman–Crippen LogP) is 2.23. The summed E-state index contributed by atoms with van der Waals surface area (Å²) in [6.45, 7) is 1.11. The number of hydrogen-bond donors (Lipinski definition) is 1. The first-order valence-corrected chi connectivity index (χ1v) is 4.64. The second kappa shape index (κ2) is 4.14. The monoisotopic (exact) mass is 215 g/mol. The fourth-order valence-corrected chi connectivity index (χ4v) is 1.22. The van der Waals surface area contributed by atoms with Crippen molar-refractivity contribution in [2.45, 2.75) is 19.0 Å². The van der Waals surface area contributed by atoms with Crippen LogP contribution in [0.5, 0.6) is 0 Å². The summed E-state index contributed by atoms with van der Waals surface area (Å²) in [5.74, 6) is 0. The van der Waals surface area contributed by atoms with Crippen LogP contribution in [0.25, 0.3) is 0 Å². The van der Waals surface area contributed by atoms with Crippen molar-refractivity contribution in [2.75, 3.05) is 19.0 Å². The van der Waals surface area contributed by atoms with Crippen LogP contribution in [-0.4, -0.2) is 25.6 Å². The van der Waals surface area contributed by atoms with E-state index in [4.69, 9.17) is 0 Å². The van der Waals surface area contributed by atoms with Gasteiger partial charge in [-0.1, -0.05) is 12.1 Å². The van der Waals surface area contributed by atoms with Crippen LogP contribution in [-0.2, 0) is 5.60 Å². The van der Waals surface area contributed by atoms with Crippen molar-refractivity contribution in [2.24, 2.45) is 0 Å². The van der Waals surface area contributed by atoms with E-state index in [9.17, 15) is 13.9 Å². The molecule has 0 aromatic heterocycles. The molecule has 0 radical (unpaired) electrons. The Balaban J connectivity index is 2.98. The average Bonchev–Trinajstić information content (AvgIpc) is 2.17. The molecule has 84 valence electrons. The summed E-state index contributed by atoms with van der Waals surface area (Å²) in [6, 6.07) is 6.43. The molecule has 0 saturated heterocycles. The van der Waals surface area contributed by atoms with Crippen LogP contribution in [0, 0.1) is 0 Å². The van der Waals surface area contributed by atoms with Crippen molar-refractivity contribution in [3.05, 3.63) is 29.8 Å². The van der Waals surface area contributed by atoms with Crippen LogP contribution in [0.15, 0.2) is 24.3 Å². The van der Waals surface area contributed by atoms with Gasteiger partial charge in [-0.15, -0.1) is 0 Å². The fourth-order valence-electron chi connectivity index (χ4n) is 1.22. The lowest BCUT2D eigenvalue weighted by Crippen LogP contribution is -2.30. The minimum atomic E-state index is -2.79. The number of halogens is 2. The van der Waals surface area contributed by atoms with Gasteiger partial charge in [0.25, 0.3) is 6.43 Å². The molecule has 1 rings (SSSR count). The lowest BCUT2D eigenvalue weighted by Gasteiger charge is -2.23. The summed E-state index contributed by atoms with van der Waals surface area (Å²) in [5, 5.41) is 9.53. The molecule has 0 aliphatic carbocycles. The lowest BCUT2D eigenvalue weighted by molar-refractivity contribution is -0.0883. The van der Waals surface area contributed by atoms with Gasteiger partial charge in [0.05, 0.1) is 0 Å². The van der Waals surface area contributed by atoms with Gasteiger partial charge in [0.15, 0.2) is 0 Å². The van der Waals surface area contributed by atoms with E-state index < -0.39 is 12.0 Å². The van der Waals surface area contributed by atoms with Crippen LogP contribution in [0.4, 0.5) is 14.5 Å². The molecule has 4 heteroatoms. The molecule has 0 amide bonds. The summed E-state index contributed by atoms with van der Waals surface area (Å²) >= 11 is 0. The van der Waals surface area contributed by atoms with Crippen LogP contribution >= 0.6 is 0 Å². The van der Waals surface area contributed by atoms with Crippen LogP contribution in [0.1, 0.15) is 12.5 Å². The highest BCUT2D eigenvalue weighted by atomic mass is 19.3. The molecule has 0 heterocycles. The molecule has 1 aromatic rings. The van der Waals surface area contributed by atoms with E-state index in [2.05, 4.69) is 0 Å². The van der Waals surface area contributed by atoms with Crippen molar-refractivity contribution in [1.82, 2.24) is 0 Å². The molecule has 0 spiro atoms. The van der Waals surface area contributed by atoms with Crippen molar-refractivity contribution in [3.63, 3.8) is 0 Å². The van der Waals surface area contributed by atoms with Crippen molar-refractivity contribution < 1.29 is 13.9 Å². The maximum absolute atomic E-state index is 12.5. The molecule has 2 nitrogen and oxygen atoms in total. The van der Waals surface area contributed by atoms with Gasteiger partial charge in [-0.2, -0.15) is 0 Å². The molecule has 1 atom stereocenters. The summed E-state index contributed by atoms with van der Waals surface area (Å²) in [5.41, 5.74) is -0.947. The van der Waals surface area contributed by atoms with Gasteiger partial charge in [0.1, 0.15) is 5.60 Å². The third-order valence-electron chi connectivity index (χ3n) is 2.39. The Labute approximate surface area is 88.1 Å². The third-order valence-corrected chi connectivity index (χ3v) is 2.39. The number of rotatable bonds is 3. The largest absolute Gasteiger partial charge is 0.379 e. The van der Waals surface area contributed by atoms with E-state index in [1.54, 1.807) is 12.1 Å². The Morgan fingerprint density at radius 1 is 1.20 bits per heavy atom. The Hall–Kier alpha value is -1.16. The molecule has 15 heavy (non-hydrogen) atoms. The number of alkyl halides is 2. The van der Waals surface area contributed by atoms with Crippen LogP contribution in [0.2, 0.25) is 0 Å². The van der Waals surface area contributed by atoms with Crippen molar-refractivity contribution in [3.8, 4) is 0 Å². The molecule has 0 saturated carbocycles. The second-order valence-electron chi connectivity index (χ2n) is 3.89. The Morgan fingerprint density at radius 3 is 2.00 bits per heavy atom. The highest BCUT2D eigenvalue weighted by Gasteiger charge is 2.33. The zero-order valence-corrected chi connectivity index (χ0v) is 9.04. The first kappa shape index (κ1) is 11.9. The van der Waals surface area contributed by atoms with Gasteiger partial charge < -0.3 is 10.0 Å². The SMILES string of the molecule is CN(C)c1ccc(C(C)(O)C(F)F)cc1. The van der Waals surface area contributed by atoms with E-state index in [1.807, 2.05) is 19.0 Å². The average molecular weight is 215 g/mol. The number of anilines is 1. The Bertz CT molecular complexity index is 320. The van der Waals surface area contributed by atoms with Gasteiger partial charge >= 0.3 is 0 Å². The van der Waals surface area contributed by atoms with Gasteiger partial charge in [-0.05, 0) is 24.6 Å². The molecule has 1 aromatic carbocycles. The van der Waals surface area contributed by atoms with Crippen LogP contribution < -0.4 is 4.90 Å². The number of nitrogens with zero attached hydrogens (tertiary/aromatic N) is 1. The van der Waals surface area contributed by atoms with Crippen LogP contribution in [0.3, 0.4) is 0 Å². The van der Waals surface area contributed by atoms with E-state index in [0.717, 1.165) is 12.6 Å². The van der Waals surface area contributed by atoms with E-state index in [1.165, 1.54) is 12.1 Å². The van der Waals surface area contributed by atoms with Crippen molar-refractivity contribution >= 4 is 5.69 Å². The normalized spacial score (nSPS) is 15.1. The first-order valence-electron chi connectivity index (χ1n) is 4.64. The minimum Gasteiger partial charge on any atom is -0.379 e. The lowest BCUT2D eigenvalue weighted by atomic mass is 9.96. The minimum absolute atomic E-state index is 0.225. The molecular formula is C11H15F2NO. The third kappa shape index (κ3) is 2.45. The second-order valence-corrected chi connectivity index (χ2v) is 3.89. The van der Waals surface area contributed by atoms with Gasteiger partial charge in [0.2, 0.25) is 0 Å². The van der Waals surface area contributed by atoms with Gasteiger partial charge in [0, 0.05) is 19.8 Å². The maximum Gasteiger partial charge on any atom is 0.270 e. The van der Waals surface area contributed by atoms with E-state index in [0.29, 0.717) is 0 Å². The zero-order valence-electron chi connectivity index (χ0n) is 9.04. The standard InChI is InChI=1S/C11H15F2NO/c1-11(15,10(12)13)8-4-6-9(7-5-8)14(2)3/h4-7,10,15H,1-3H3.